The fraction of sp³-hybridized carbons (Fsp3) is 0.350. The standard InChI is InChI=1S/C20H21N5OS/c1-2-16-10-17-19(22-12-23-20(17)27-16)24-14-3-4-18(13(9-14)11-21)25-7-5-15(26)6-8-25/h3-4,9-10,12,15,26H,2,5-8H2,1H3,(H,22,23,24). The average molecular weight is 379 g/mol. The first-order valence-electron chi connectivity index (χ1n) is 9.15. The molecule has 0 bridgehead atoms. The van der Waals surface area contributed by atoms with Crippen molar-refractivity contribution < 1.29 is 5.11 Å². The van der Waals surface area contributed by atoms with E-state index < -0.39 is 0 Å². The zero-order chi connectivity index (χ0) is 18.8. The topological polar surface area (TPSA) is 85.1 Å². The maximum absolute atomic E-state index is 9.70. The van der Waals surface area contributed by atoms with Gasteiger partial charge in [-0.1, -0.05) is 6.92 Å². The fourth-order valence-electron chi connectivity index (χ4n) is 3.40. The van der Waals surface area contributed by atoms with Crippen molar-refractivity contribution in [2.75, 3.05) is 23.3 Å². The van der Waals surface area contributed by atoms with Crippen LogP contribution >= 0.6 is 11.3 Å². The second-order valence-electron chi connectivity index (χ2n) is 6.69. The molecule has 1 aromatic carbocycles. The van der Waals surface area contributed by atoms with Crippen LogP contribution in [-0.4, -0.2) is 34.3 Å². The van der Waals surface area contributed by atoms with Crippen molar-refractivity contribution in [1.29, 1.82) is 5.26 Å². The quantitative estimate of drug-likeness (QED) is 0.717. The van der Waals surface area contributed by atoms with E-state index in [0.717, 1.165) is 59.8 Å². The van der Waals surface area contributed by atoms with E-state index in [0.29, 0.717) is 5.56 Å². The molecule has 27 heavy (non-hydrogen) atoms. The highest BCUT2D eigenvalue weighted by Crippen LogP contribution is 2.32. The Balaban J connectivity index is 1.62. The molecule has 3 aromatic rings. The monoisotopic (exact) mass is 379 g/mol. The fourth-order valence-corrected chi connectivity index (χ4v) is 4.34. The van der Waals surface area contributed by atoms with Crippen molar-refractivity contribution in [2.45, 2.75) is 32.3 Å². The summed E-state index contributed by atoms with van der Waals surface area (Å²) in [7, 11) is 0. The van der Waals surface area contributed by atoms with E-state index in [4.69, 9.17) is 0 Å². The molecule has 138 valence electrons. The number of rotatable bonds is 4. The summed E-state index contributed by atoms with van der Waals surface area (Å²) in [6.45, 7) is 3.66. The van der Waals surface area contributed by atoms with Gasteiger partial charge < -0.3 is 15.3 Å². The van der Waals surface area contributed by atoms with Crippen LogP contribution in [0.1, 0.15) is 30.2 Å². The van der Waals surface area contributed by atoms with Gasteiger partial charge in [0, 0.05) is 23.7 Å². The first-order valence-corrected chi connectivity index (χ1v) is 9.97. The van der Waals surface area contributed by atoms with Gasteiger partial charge in [-0.2, -0.15) is 5.26 Å². The lowest BCUT2D eigenvalue weighted by Crippen LogP contribution is -2.36. The summed E-state index contributed by atoms with van der Waals surface area (Å²) in [5, 5.41) is 23.7. The summed E-state index contributed by atoms with van der Waals surface area (Å²) in [6, 6.07) is 10.2. The number of aromatic nitrogens is 2. The maximum Gasteiger partial charge on any atom is 0.142 e. The number of anilines is 3. The molecule has 1 aliphatic heterocycles. The normalized spacial score (nSPS) is 15.1. The second kappa shape index (κ2) is 7.51. The van der Waals surface area contributed by atoms with E-state index in [1.807, 2.05) is 18.2 Å². The van der Waals surface area contributed by atoms with Gasteiger partial charge in [-0.15, -0.1) is 11.3 Å². The number of nitriles is 1. The molecule has 1 saturated heterocycles. The molecule has 1 fully saturated rings. The molecule has 7 heteroatoms. The van der Waals surface area contributed by atoms with Crippen molar-refractivity contribution >= 4 is 38.7 Å². The summed E-state index contributed by atoms with van der Waals surface area (Å²) in [4.78, 5) is 13.2. The number of nitrogens with zero attached hydrogens (tertiary/aromatic N) is 4. The molecular formula is C20H21N5OS. The number of hydrogen-bond donors (Lipinski definition) is 2. The number of piperidine rings is 1. The highest BCUT2D eigenvalue weighted by Gasteiger charge is 2.20. The van der Waals surface area contributed by atoms with E-state index in [9.17, 15) is 10.4 Å². The lowest BCUT2D eigenvalue weighted by atomic mass is 10.0. The Labute approximate surface area is 162 Å². The molecule has 0 amide bonds. The predicted molar refractivity (Wildman–Crippen MR) is 109 cm³/mol. The van der Waals surface area contributed by atoms with Gasteiger partial charge in [0.25, 0.3) is 0 Å². The Hall–Kier alpha value is -2.69. The Morgan fingerprint density at radius 3 is 2.85 bits per heavy atom. The van der Waals surface area contributed by atoms with Gasteiger partial charge in [-0.25, -0.2) is 9.97 Å². The first kappa shape index (κ1) is 17.7. The third-order valence-electron chi connectivity index (χ3n) is 4.91. The number of hydrogen-bond acceptors (Lipinski definition) is 7. The van der Waals surface area contributed by atoms with E-state index in [-0.39, 0.29) is 6.10 Å². The molecule has 4 rings (SSSR count). The van der Waals surface area contributed by atoms with Crippen LogP contribution in [0.15, 0.2) is 30.6 Å². The summed E-state index contributed by atoms with van der Waals surface area (Å²) < 4.78 is 0. The van der Waals surface area contributed by atoms with Crippen LogP contribution in [0.25, 0.3) is 10.2 Å². The van der Waals surface area contributed by atoms with Gasteiger partial charge in [-0.3, -0.25) is 0 Å². The minimum Gasteiger partial charge on any atom is -0.393 e. The molecule has 0 spiro atoms. The van der Waals surface area contributed by atoms with Crippen LogP contribution in [0.4, 0.5) is 17.2 Å². The zero-order valence-corrected chi connectivity index (χ0v) is 16.0. The molecular weight excluding hydrogens is 358 g/mol. The molecule has 1 aliphatic rings. The van der Waals surface area contributed by atoms with Crippen LogP contribution in [-0.2, 0) is 6.42 Å². The number of benzene rings is 1. The van der Waals surface area contributed by atoms with Crippen molar-refractivity contribution in [1.82, 2.24) is 9.97 Å². The molecule has 3 heterocycles. The lowest BCUT2D eigenvalue weighted by molar-refractivity contribution is 0.145. The van der Waals surface area contributed by atoms with Gasteiger partial charge in [0.05, 0.1) is 22.7 Å². The smallest absolute Gasteiger partial charge is 0.142 e. The Bertz CT molecular complexity index is 1000. The molecule has 0 saturated carbocycles. The number of nitrogens with one attached hydrogen (secondary N) is 1. The lowest BCUT2D eigenvalue weighted by Gasteiger charge is -2.32. The van der Waals surface area contributed by atoms with E-state index in [2.05, 4.69) is 39.2 Å². The largest absolute Gasteiger partial charge is 0.393 e. The van der Waals surface area contributed by atoms with E-state index in [1.54, 1.807) is 17.7 Å². The highest BCUT2D eigenvalue weighted by molar-refractivity contribution is 7.18. The van der Waals surface area contributed by atoms with E-state index >= 15 is 0 Å². The average Bonchev–Trinajstić information content (AvgIpc) is 3.13. The van der Waals surface area contributed by atoms with Crippen LogP contribution in [0, 0.1) is 11.3 Å². The third kappa shape index (κ3) is 3.59. The Kier molecular flexibility index (Phi) is 4.92. The minimum absolute atomic E-state index is 0.230. The molecule has 0 aliphatic carbocycles. The number of aryl methyl sites for hydroxylation is 1. The first-order chi connectivity index (χ1) is 13.2. The summed E-state index contributed by atoms with van der Waals surface area (Å²) in [6.07, 6.45) is 3.78. The maximum atomic E-state index is 9.70. The van der Waals surface area contributed by atoms with Crippen LogP contribution in [0.2, 0.25) is 0 Å². The molecule has 6 nitrogen and oxygen atoms in total. The zero-order valence-electron chi connectivity index (χ0n) is 15.1. The van der Waals surface area contributed by atoms with Gasteiger partial charge in [0.1, 0.15) is 23.0 Å². The van der Waals surface area contributed by atoms with Gasteiger partial charge in [0.15, 0.2) is 0 Å². The van der Waals surface area contributed by atoms with Crippen molar-refractivity contribution in [3.63, 3.8) is 0 Å². The minimum atomic E-state index is -0.230. The number of fused-ring (bicyclic) bond motifs is 1. The van der Waals surface area contributed by atoms with E-state index in [1.165, 1.54) is 4.88 Å². The predicted octanol–water partition coefficient (Wildman–Crippen LogP) is 3.83. The summed E-state index contributed by atoms with van der Waals surface area (Å²) in [5.41, 5.74) is 2.38. The number of aliphatic hydroxyl groups is 1. The van der Waals surface area contributed by atoms with Crippen LogP contribution in [0.3, 0.4) is 0 Å². The van der Waals surface area contributed by atoms with Gasteiger partial charge in [0.2, 0.25) is 0 Å². The third-order valence-corrected chi connectivity index (χ3v) is 6.10. The Morgan fingerprint density at radius 2 is 2.11 bits per heavy atom. The summed E-state index contributed by atoms with van der Waals surface area (Å²) >= 11 is 1.68. The second-order valence-corrected chi connectivity index (χ2v) is 7.81. The van der Waals surface area contributed by atoms with Crippen molar-refractivity contribution in [3.05, 3.63) is 41.0 Å². The van der Waals surface area contributed by atoms with Crippen LogP contribution < -0.4 is 10.2 Å². The molecule has 0 unspecified atom stereocenters. The SMILES string of the molecule is CCc1cc2c(Nc3ccc(N4CCC(O)CC4)c(C#N)c3)ncnc2s1. The van der Waals surface area contributed by atoms with Crippen molar-refractivity contribution in [2.24, 2.45) is 0 Å². The van der Waals surface area contributed by atoms with Gasteiger partial charge >= 0.3 is 0 Å². The highest BCUT2D eigenvalue weighted by atomic mass is 32.1. The number of thiophene rings is 1. The number of aliphatic hydroxyl groups excluding tert-OH is 1. The molecule has 2 N–H and O–H groups in total. The Morgan fingerprint density at radius 1 is 1.30 bits per heavy atom. The molecule has 2 aromatic heterocycles. The van der Waals surface area contributed by atoms with Crippen LogP contribution in [0.5, 0.6) is 0 Å². The van der Waals surface area contributed by atoms with Gasteiger partial charge in [-0.05, 0) is 43.5 Å². The molecule has 0 atom stereocenters. The summed E-state index contributed by atoms with van der Waals surface area (Å²) in [5.74, 6) is 0.758. The van der Waals surface area contributed by atoms with Crippen molar-refractivity contribution in [3.8, 4) is 6.07 Å². The molecule has 0 radical (unpaired) electrons.